The standard InChI is InChI=1S/C19H21F3N4O2.ClH/c1-11-7-8-23-10-14(11)24-18(28)17-16(27)9-12(2)26(25-17)15-6-4-3-5-13(15)19(20,21)22;/h3-6,9,11,14,23H,7-8,10H2,1-2H3,(H,24,28);1H. The van der Waals surface area contributed by atoms with Crippen LogP contribution in [0.25, 0.3) is 5.69 Å². The van der Waals surface area contributed by atoms with Crippen LogP contribution in [0.1, 0.15) is 35.1 Å². The number of benzene rings is 1. The van der Waals surface area contributed by atoms with E-state index in [0.717, 1.165) is 29.8 Å². The Hall–Kier alpha value is -2.39. The van der Waals surface area contributed by atoms with Gasteiger partial charge in [-0.1, -0.05) is 19.1 Å². The molecule has 0 radical (unpaired) electrons. The van der Waals surface area contributed by atoms with Crippen molar-refractivity contribution < 1.29 is 18.0 Å². The Morgan fingerprint density at radius 1 is 1.31 bits per heavy atom. The topological polar surface area (TPSA) is 76.0 Å². The zero-order valence-corrected chi connectivity index (χ0v) is 16.7. The lowest BCUT2D eigenvalue weighted by Crippen LogP contribution is -2.51. The minimum atomic E-state index is -4.60. The molecule has 158 valence electrons. The normalized spacial score (nSPS) is 19.3. The first kappa shape index (κ1) is 22.9. The number of rotatable bonds is 3. The molecule has 1 aliphatic heterocycles. The molecule has 1 amide bonds. The Kier molecular flexibility index (Phi) is 7.07. The van der Waals surface area contributed by atoms with Crippen molar-refractivity contribution in [3.05, 3.63) is 57.5 Å². The van der Waals surface area contributed by atoms with Crippen LogP contribution in [0.4, 0.5) is 13.2 Å². The van der Waals surface area contributed by atoms with E-state index in [1.165, 1.54) is 25.1 Å². The van der Waals surface area contributed by atoms with Crippen molar-refractivity contribution in [1.29, 1.82) is 0 Å². The Labute approximate surface area is 171 Å². The number of hydrogen-bond acceptors (Lipinski definition) is 4. The minimum absolute atomic E-state index is 0. The Morgan fingerprint density at radius 2 is 2.00 bits per heavy atom. The van der Waals surface area contributed by atoms with Crippen LogP contribution in [0.2, 0.25) is 0 Å². The molecule has 1 aromatic carbocycles. The number of hydrogen-bond donors (Lipinski definition) is 2. The number of carbonyl (C=O) groups excluding carboxylic acids is 1. The van der Waals surface area contributed by atoms with Crippen LogP contribution in [0.5, 0.6) is 0 Å². The lowest BCUT2D eigenvalue weighted by Gasteiger charge is -2.30. The van der Waals surface area contributed by atoms with Crippen LogP contribution in [-0.2, 0) is 6.18 Å². The second-order valence-corrected chi connectivity index (χ2v) is 6.98. The zero-order valence-electron chi connectivity index (χ0n) is 15.9. The summed E-state index contributed by atoms with van der Waals surface area (Å²) in [6.07, 6.45) is -3.73. The van der Waals surface area contributed by atoms with Crippen molar-refractivity contribution >= 4 is 18.3 Å². The number of nitrogens with zero attached hydrogens (tertiary/aromatic N) is 2. The Balaban J connectivity index is 0.00000300. The molecule has 1 fully saturated rings. The molecule has 1 aliphatic rings. The Bertz CT molecular complexity index is 946. The second-order valence-electron chi connectivity index (χ2n) is 6.98. The van der Waals surface area contributed by atoms with E-state index in [1.54, 1.807) is 0 Å². The molecule has 29 heavy (non-hydrogen) atoms. The first-order valence-corrected chi connectivity index (χ1v) is 8.97. The molecule has 0 aliphatic carbocycles. The van der Waals surface area contributed by atoms with Gasteiger partial charge in [-0.05, 0) is 37.9 Å². The van der Waals surface area contributed by atoms with Gasteiger partial charge in [-0.3, -0.25) is 9.59 Å². The van der Waals surface area contributed by atoms with Gasteiger partial charge in [0.1, 0.15) is 0 Å². The number of para-hydroxylation sites is 1. The summed E-state index contributed by atoms with van der Waals surface area (Å²) in [7, 11) is 0. The van der Waals surface area contributed by atoms with Crippen LogP contribution in [-0.4, -0.2) is 34.8 Å². The fourth-order valence-corrected chi connectivity index (χ4v) is 3.27. The van der Waals surface area contributed by atoms with Crippen LogP contribution in [0.3, 0.4) is 0 Å². The van der Waals surface area contributed by atoms with Gasteiger partial charge >= 0.3 is 6.18 Å². The van der Waals surface area contributed by atoms with Gasteiger partial charge in [0, 0.05) is 24.3 Å². The van der Waals surface area contributed by atoms with Gasteiger partial charge < -0.3 is 10.6 Å². The number of amides is 1. The average molecular weight is 431 g/mol. The molecule has 0 spiro atoms. The molecule has 2 N–H and O–H groups in total. The predicted octanol–water partition coefficient (Wildman–Crippen LogP) is 2.71. The molecule has 2 heterocycles. The van der Waals surface area contributed by atoms with Gasteiger partial charge in [0.05, 0.1) is 11.3 Å². The fourth-order valence-electron chi connectivity index (χ4n) is 3.27. The van der Waals surface area contributed by atoms with Crippen LogP contribution in [0.15, 0.2) is 35.1 Å². The largest absolute Gasteiger partial charge is 0.418 e. The Morgan fingerprint density at radius 3 is 2.66 bits per heavy atom. The summed E-state index contributed by atoms with van der Waals surface area (Å²) in [5.74, 6) is -0.479. The summed E-state index contributed by atoms with van der Waals surface area (Å²) < 4.78 is 41.1. The van der Waals surface area contributed by atoms with Gasteiger partial charge in [-0.2, -0.15) is 18.3 Å². The lowest BCUT2D eigenvalue weighted by atomic mass is 9.95. The molecule has 2 aromatic rings. The van der Waals surface area contributed by atoms with Crippen molar-refractivity contribution in [2.24, 2.45) is 5.92 Å². The zero-order chi connectivity index (χ0) is 20.5. The fraction of sp³-hybridized carbons (Fsp3) is 0.421. The van der Waals surface area contributed by atoms with Gasteiger partial charge in [-0.25, -0.2) is 4.68 Å². The van der Waals surface area contributed by atoms with Crippen LogP contribution >= 0.6 is 12.4 Å². The molecule has 0 bridgehead atoms. The second kappa shape index (κ2) is 8.96. The van der Waals surface area contributed by atoms with E-state index in [-0.39, 0.29) is 35.7 Å². The monoisotopic (exact) mass is 430 g/mol. The first-order chi connectivity index (χ1) is 13.2. The molecule has 1 saturated heterocycles. The third-order valence-electron chi connectivity index (χ3n) is 4.90. The third-order valence-corrected chi connectivity index (χ3v) is 4.90. The van der Waals surface area contributed by atoms with Crippen molar-refractivity contribution in [2.75, 3.05) is 13.1 Å². The van der Waals surface area contributed by atoms with Crippen molar-refractivity contribution in [1.82, 2.24) is 20.4 Å². The van der Waals surface area contributed by atoms with E-state index in [1.807, 2.05) is 6.92 Å². The maximum absolute atomic E-state index is 13.4. The number of halogens is 4. The highest BCUT2D eigenvalue weighted by Crippen LogP contribution is 2.33. The highest BCUT2D eigenvalue weighted by molar-refractivity contribution is 5.92. The van der Waals surface area contributed by atoms with Crippen LogP contribution in [0, 0.1) is 12.8 Å². The molecule has 2 unspecified atom stereocenters. The number of piperidine rings is 1. The smallest absolute Gasteiger partial charge is 0.346 e. The van der Waals surface area contributed by atoms with E-state index >= 15 is 0 Å². The van der Waals surface area contributed by atoms with Crippen LogP contribution < -0.4 is 16.1 Å². The van der Waals surface area contributed by atoms with Gasteiger partial charge in [0.15, 0.2) is 5.69 Å². The van der Waals surface area contributed by atoms with Gasteiger partial charge in [0.2, 0.25) is 5.43 Å². The minimum Gasteiger partial charge on any atom is -0.346 e. The van der Waals surface area contributed by atoms with Gasteiger partial charge in [-0.15, -0.1) is 12.4 Å². The third kappa shape index (κ3) is 4.97. The summed E-state index contributed by atoms with van der Waals surface area (Å²) in [5.41, 5.74) is -2.00. The van der Waals surface area contributed by atoms with Crippen molar-refractivity contribution in [3.63, 3.8) is 0 Å². The molecule has 3 rings (SSSR count). The molecule has 10 heteroatoms. The molecular formula is C19H22ClF3N4O2. The van der Waals surface area contributed by atoms with Crippen molar-refractivity contribution in [2.45, 2.75) is 32.5 Å². The van der Waals surface area contributed by atoms with E-state index in [4.69, 9.17) is 0 Å². The summed E-state index contributed by atoms with van der Waals surface area (Å²) in [4.78, 5) is 24.9. The number of alkyl halides is 3. The average Bonchev–Trinajstić information content (AvgIpc) is 2.63. The number of aromatic nitrogens is 2. The van der Waals surface area contributed by atoms with E-state index in [0.29, 0.717) is 6.54 Å². The number of carbonyl (C=O) groups is 1. The quantitative estimate of drug-likeness (QED) is 0.785. The summed E-state index contributed by atoms with van der Waals surface area (Å²) in [6.45, 7) is 4.86. The molecule has 0 saturated carbocycles. The summed E-state index contributed by atoms with van der Waals surface area (Å²) >= 11 is 0. The maximum atomic E-state index is 13.4. The number of nitrogens with one attached hydrogen (secondary N) is 2. The first-order valence-electron chi connectivity index (χ1n) is 8.97. The summed E-state index contributed by atoms with van der Waals surface area (Å²) in [5, 5.41) is 9.91. The number of aryl methyl sites for hydroxylation is 1. The molecule has 2 atom stereocenters. The molecule has 1 aromatic heterocycles. The van der Waals surface area contributed by atoms with Crippen molar-refractivity contribution in [3.8, 4) is 5.69 Å². The molecule has 6 nitrogen and oxygen atoms in total. The SMILES string of the molecule is Cc1cc(=O)c(C(=O)NC2CNCCC2C)nn1-c1ccccc1C(F)(F)F.Cl. The highest BCUT2D eigenvalue weighted by Gasteiger charge is 2.34. The van der Waals surface area contributed by atoms with E-state index < -0.39 is 28.8 Å². The van der Waals surface area contributed by atoms with E-state index in [2.05, 4.69) is 15.7 Å². The maximum Gasteiger partial charge on any atom is 0.418 e. The predicted molar refractivity (Wildman–Crippen MR) is 105 cm³/mol. The van der Waals surface area contributed by atoms with Gasteiger partial charge in [0.25, 0.3) is 5.91 Å². The van der Waals surface area contributed by atoms with E-state index in [9.17, 15) is 22.8 Å². The lowest BCUT2D eigenvalue weighted by molar-refractivity contribution is -0.137. The highest BCUT2D eigenvalue weighted by atomic mass is 35.5. The summed E-state index contributed by atoms with van der Waals surface area (Å²) in [6, 6.07) is 5.84. The molecular weight excluding hydrogens is 409 g/mol.